The van der Waals surface area contributed by atoms with Crippen molar-refractivity contribution in [3.63, 3.8) is 0 Å². The third-order valence-corrected chi connectivity index (χ3v) is 7.49. The Morgan fingerprint density at radius 3 is 2.55 bits per heavy atom. The van der Waals surface area contributed by atoms with Crippen LogP contribution < -0.4 is 0 Å². The molecule has 3 fully saturated rings. The fraction of sp³-hybridized carbons (Fsp3) is 0.826. The molecule has 3 saturated heterocycles. The molecule has 4 heterocycles. The second-order valence-electron chi connectivity index (χ2n) is 9.78. The minimum Gasteiger partial charge on any atom is -0.437 e. The lowest BCUT2D eigenvalue weighted by molar-refractivity contribution is -0.200. The van der Waals surface area contributed by atoms with Gasteiger partial charge in [0.05, 0.1) is 17.4 Å². The predicted molar refractivity (Wildman–Crippen MR) is 116 cm³/mol. The van der Waals surface area contributed by atoms with Gasteiger partial charge in [-0.25, -0.2) is 4.79 Å². The van der Waals surface area contributed by atoms with Crippen LogP contribution in [0.4, 0.5) is 18.0 Å². The van der Waals surface area contributed by atoms with E-state index in [9.17, 15) is 18.0 Å². The van der Waals surface area contributed by atoms with Gasteiger partial charge in [0.2, 0.25) is 0 Å². The number of hydrogen-bond acceptors (Lipinski definition) is 5. The summed E-state index contributed by atoms with van der Waals surface area (Å²) in [5, 5.41) is 4.86. The van der Waals surface area contributed by atoms with E-state index in [1.165, 1.54) is 10.6 Å². The fourth-order valence-electron chi connectivity index (χ4n) is 5.28. The van der Waals surface area contributed by atoms with E-state index in [1.54, 1.807) is 0 Å². The molecule has 0 radical (unpaired) electrons. The van der Waals surface area contributed by atoms with Gasteiger partial charge in [-0.2, -0.15) is 18.3 Å². The number of amides is 1. The molecule has 7 nitrogen and oxygen atoms in total. The number of ether oxygens (including phenoxy) is 2. The van der Waals surface area contributed by atoms with Crippen molar-refractivity contribution in [1.29, 1.82) is 0 Å². The minimum absolute atomic E-state index is 0.115. The maximum absolute atomic E-state index is 12.7. The lowest BCUT2D eigenvalue weighted by Gasteiger charge is -2.39. The molecule has 1 unspecified atom stereocenters. The summed E-state index contributed by atoms with van der Waals surface area (Å²) in [5.74, 6) is 0. The summed E-state index contributed by atoms with van der Waals surface area (Å²) in [6.07, 6.45) is -1.98. The fourth-order valence-corrected chi connectivity index (χ4v) is 5.28. The molecule has 0 bridgehead atoms. The van der Waals surface area contributed by atoms with Crippen LogP contribution in [0.15, 0.2) is 6.07 Å². The average Bonchev–Trinajstić information content (AvgIpc) is 3.38. The van der Waals surface area contributed by atoms with Crippen molar-refractivity contribution in [3.8, 4) is 0 Å². The van der Waals surface area contributed by atoms with E-state index in [0.717, 1.165) is 84.0 Å². The standard InChI is InChI=1S/C23H35F3N4O3/c1-3-18-14-20(30(27-18)19-4-12-32-13-5-19)15-28-9-6-22(16-28)7-10-29(11-8-22)21(31)33-17(2)23(24,25)26/h14,17,19H,3-13,15-16H2,1-2H3. The van der Waals surface area contributed by atoms with Gasteiger partial charge < -0.3 is 14.4 Å². The van der Waals surface area contributed by atoms with E-state index in [1.807, 2.05) is 0 Å². The van der Waals surface area contributed by atoms with E-state index in [-0.39, 0.29) is 5.41 Å². The molecule has 3 aliphatic heterocycles. The molecule has 1 aromatic heterocycles. The van der Waals surface area contributed by atoms with E-state index < -0.39 is 18.4 Å². The summed E-state index contributed by atoms with van der Waals surface area (Å²) in [5.41, 5.74) is 2.48. The zero-order valence-electron chi connectivity index (χ0n) is 19.6. The van der Waals surface area contributed by atoms with Gasteiger partial charge in [-0.1, -0.05) is 6.92 Å². The van der Waals surface area contributed by atoms with Gasteiger partial charge in [-0.3, -0.25) is 9.58 Å². The van der Waals surface area contributed by atoms with Crippen molar-refractivity contribution in [2.24, 2.45) is 5.41 Å². The Balaban J connectivity index is 1.32. The minimum atomic E-state index is -4.53. The second-order valence-corrected chi connectivity index (χ2v) is 9.78. The summed E-state index contributed by atoms with van der Waals surface area (Å²) in [4.78, 5) is 16.0. The molecule has 1 amide bonds. The molecule has 33 heavy (non-hydrogen) atoms. The number of alkyl halides is 3. The maximum atomic E-state index is 12.7. The summed E-state index contributed by atoms with van der Waals surface area (Å²) in [6, 6.07) is 2.61. The van der Waals surface area contributed by atoms with E-state index in [4.69, 9.17) is 9.84 Å². The number of aromatic nitrogens is 2. The Morgan fingerprint density at radius 2 is 1.91 bits per heavy atom. The van der Waals surface area contributed by atoms with Gasteiger partial charge >= 0.3 is 12.3 Å². The van der Waals surface area contributed by atoms with Crippen LogP contribution in [0.5, 0.6) is 0 Å². The third-order valence-electron chi connectivity index (χ3n) is 7.49. The van der Waals surface area contributed by atoms with Crippen LogP contribution in [-0.4, -0.2) is 77.3 Å². The van der Waals surface area contributed by atoms with E-state index >= 15 is 0 Å². The largest absolute Gasteiger partial charge is 0.437 e. The molecule has 0 N–H and O–H groups in total. The van der Waals surface area contributed by atoms with Crippen LogP contribution in [0.1, 0.15) is 63.4 Å². The van der Waals surface area contributed by atoms with Crippen molar-refractivity contribution < 1.29 is 27.4 Å². The molecule has 0 aromatic carbocycles. The SMILES string of the molecule is CCc1cc(CN2CCC3(CCN(C(=O)OC(C)C(F)(F)F)CC3)C2)n(C2CCOCC2)n1. The van der Waals surface area contributed by atoms with Gasteiger partial charge in [-0.05, 0) is 63.5 Å². The molecular formula is C23H35F3N4O3. The summed E-state index contributed by atoms with van der Waals surface area (Å²) in [6.45, 7) is 8.20. The number of hydrogen-bond donors (Lipinski definition) is 0. The third kappa shape index (κ3) is 5.65. The van der Waals surface area contributed by atoms with Crippen LogP contribution in [0, 0.1) is 5.41 Å². The zero-order valence-corrected chi connectivity index (χ0v) is 19.6. The first kappa shape index (κ1) is 24.3. The highest BCUT2D eigenvalue weighted by Gasteiger charge is 2.44. The topological polar surface area (TPSA) is 59.8 Å². The predicted octanol–water partition coefficient (Wildman–Crippen LogP) is 4.17. The molecular weight excluding hydrogens is 437 g/mol. The Kier molecular flexibility index (Phi) is 7.23. The van der Waals surface area contributed by atoms with Gasteiger partial charge in [-0.15, -0.1) is 0 Å². The molecule has 1 atom stereocenters. The smallest absolute Gasteiger partial charge is 0.425 e. The van der Waals surface area contributed by atoms with Gasteiger partial charge in [0, 0.05) is 39.4 Å². The molecule has 0 saturated carbocycles. The summed E-state index contributed by atoms with van der Waals surface area (Å²) >= 11 is 0. The highest BCUT2D eigenvalue weighted by Crippen LogP contribution is 2.41. The Hall–Kier alpha value is -1.81. The number of piperidine rings is 1. The Labute approximate surface area is 193 Å². The van der Waals surface area contributed by atoms with Gasteiger partial charge in [0.15, 0.2) is 6.10 Å². The zero-order chi connectivity index (χ0) is 23.6. The van der Waals surface area contributed by atoms with Crippen molar-refractivity contribution in [2.45, 2.75) is 77.2 Å². The summed E-state index contributed by atoms with van der Waals surface area (Å²) in [7, 11) is 0. The van der Waals surface area contributed by atoms with Crippen molar-refractivity contribution in [3.05, 3.63) is 17.5 Å². The lowest BCUT2D eigenvalue weighted by atomic mass is 9.78. The molecule has 1 spiro atoms. The number of halogens is 3. The number of rotatable bonds is 5. The van der Waals surface area contributed by atoms with Crippen LogP contribution in [0.3, 0.4) is 0 Å². The highest BCUT2D eigenvalue weighted by atomic mass is 19.4. The van der Waals surface area contributed by atoms with E-state index in [0.29, 0.717) is 19.1 Å². The van der Waals surface area contributed by atoms with Crippen molar-refractivity contribution in [1.82, 2.24) is 19.6 Å². The number of carbonyl (C=O) groups excluding carboxylic acids is 1. The summed E-state index contributed by atoms with van der Waals surface area (Å²) < 4.78 is 50.5. The molecule has 0 aliphatic carbocycles. The average molecular weight is 473 g/mol. The Morgan fingerprint density at radius 1 is 1.24 bits per heavy atom. The molecule has 186 valence electrons. The quantitative estimate of drug-likeness (QED) is 0.644. The number of carbonyl (C=O) groups is 1. The second kappa shape index (κ2) is 9.82. The maximum Gasteiger partial charge on any atom is 0.425 e. The normalized spacial score (nSPS) is 23.2. The molecule has 4 rings (SSSR count). The number of aryl methyl sites for hydroxylation is 1. The van der Waals surface area contributed by atoms with Crippen molar-refractivity contribution in [2.75, 3.05) is 39.4 Å². The van der Waals surface area contributed by atoms with Crippen molar-refractivity contribution >= 4 is 6.09 Å². The molecule has 10 heteroatoms. The lowest BCUT2D eigenvalue weighted by Crippen LogP contribution is -2.46. The monoisotopic (exact) mass is 472 g/mol. The van der Waals surface area contributed by atoms with Crippen LogP contribution in [-0.2, 0) is 22.4 Å². The van der Waals surface area contributed by atoms with Crippen LogP contribution in [0.2, 0.25) is 0 Å². The first-order chi connectivity index (χ1) is 15.7. The Bertz CT molecular complexity index is 814. The first-order valence-corrected chi connectivity index (χ1v) is 12.1. The van der Waals surface area contributed by atoms with E-state index in [2.05, 4.69) is 27.3 Å². The number of nitrogens with zero attached hydrogens (tertiary/aromatic N) is 4. The van der Waals surface area contributed by atoms with Crippen LogP contribution in [0.25, 0.3) is 0 Å². The molecule has 3 aliphatic rings. The van der Waals surface area contributed by atoms with Gasteiger partial charge in [0.1, 0.15) is 0 Å². The first-order valence-electron chi connectivity index (χ1n) is 12.1. The van der Waals surface area contributed by atoms with Crippen LogP contribution >= 0.6 is 0 Å². The van der Waals surface area contributed by atoms with Gasteiger partial charge in [0.25, 0.3) is 0 Å². The highest BCUT2D eigenvalue weighted by molar-refractivity contribution is 5.68. The number of likely N-dealkylation sites (tertiary alicyclic amines) is 2. The molecule has 1 aromatic rings.